The van der Waals surface area contributed by atoms with Crippen molar-refractivity contribution in [2.24, 2.45) is 7.05 Å². The van der Waals surface area contributed by atoms with Crippen LogP contribution >= 0.6 is 8.22 Å². The van der Waals surface area contributed by atoms with Crippen molar-refractivity contribution in [1.82, 2.24) is 18.9 Å². The largest absolute Gasteiger partial charge is 0.332 e. The fraction of sp³-hybridized carbons (Fsp3) is 0.812. The molecule has 0 aliphatic heterocycles. The highest BCUT2D eigenvalue weighted by Crippen LogP contribution is 2.48. The van der Waals surface area contributed by atoms with E-state index >= 15 is 0 Å². The van der Waals surface area contributed by atoms with E-state index in [0.717, 1.165) is 0 Å². The van der Waals surface area contributed by atoms with Crippen LogP contribution in [0.5, 0.6) is 0 Å². The van der Waals surface area contributed by atoms with E-state index in [2.05, 4.69) is 82.5 Å². The Morgan fingerprint density at radius 1 is 0.857 bits per heavy atom. The van der Waals surface area contributed by atoms with Gasteiger partial charge in [0, 0.05) is 43.6 Å². The van der Waals surface area contributed by atoms with Gasteiger partial charge in [0.25, 0.3) is 0 Å². The van der Waals surface area contributed by atoms with Crippen LogP contribution in [-0.4, -0.2) is 43.1 Å². The summed E-state index contributed by atoms with van der Waals surface area (Å²) in [6.07, 6.45) is 3.98. The second-order valence-corrected chi connectivity index (χ2v) is 8.67. The molecule has 0 amide bonds. The molecule has 0 bridgehead atoms. The molecule has 0 aliphatic carbocycles. The average molecular weight is 312 g/mol. The quantitative estimate of drug-likeness (QED) is 0.719. The Labute approximate surface area is 132 Å². The topological polar surface area (TPSA) is 24.3 Å². The van der Waals surface area contributed by atoms with Gasteiger partial charge in [-0.2, -0.15) is 0 Å². The first kappa shape index (κ1) is 18.6. The number of imidazole rings is 1. The van der Waals surface area contributed by atoms with E-state index in [1.54, 1.807) is 0 Å². The summed E-state index contributed by atoms with van der Waals surface area (Å²) in [5.41, 5.74) is 1.19. The third kappa shape index (κ3) is 4.28. The van der Waals surface area contributed by atoms with Crippen molar-refractivity contribution in [3.05, 3.63) is 12.4 Å². The molecule has 0 aromatic carbocycles. The third-order valence-corrected chi connectivity index (χ3v) is 7.04. The van der Waals surface area contributed by atoms with E-state index in [-0.39, 0.29) is 0 Å². The minimum absolute atomic E-state index is 0.493. The Bertz CT molecular complexity index is 390. The molecular weight excluding hydrogens is 279 g/mol. The van der Waals surface area contributed by atoms with Crippen molar-refractivity contribution in [2.75, 3.05) is 0 Å². The van der Waals surface area contributed by atoms with Gasteiger partial charge in [-0.25, -0.2) is 4.98 Å². The smallest absolute Gasteiger partial charge is 0.162 e. The normalized spacial score (nSPS) is 13.1. The van der Waals surface area contributed by atoms with Gasteiger partial charge in [-0.05, 0) is 55.4 Å². The molecule has 0 radical (unpaired) electrons. The summed E-state index contributed by atoms with van der Waals surface area (Å²) in [4.78, 5) is 4.70. The van der Waals surface area contributed by atoms with E-state index < -0.39 is 8.22 Å². The summed E-state index contributed by atoms with van der Waals surface area (Å²) >= 11 is 0. The number of aryl methyl sites for hydroxylation is 1. The fourth-order valence-corrected chi connectivity index (χ4v) is 5.86. The van der Waals surface area contributed by atoms with Crippen LogP contribution in [0.4, 0.5) is 0 Å². The number of hydrogen-bond acceptors (Lipinski definition) is 3. The Morgan fingerprint density at radius 2 is 1.24 bits per heavy atom. The Kier molecular flexibility index (Phi) is 6.83. The minimum atomic E-state index is -0.606. The molecule has 0 unspecified atom stereocenters. The molecule has 5 heteroatoms. The van der Waals surface area contributed by atoms with Crippen LogP contribution in [0.15, 0.2) is 12.4 Å². The van der Waals surface area contributed by atoms with Crippen LogP contribution in [0.1, 0.15) is 55.4 Å². The van der Waals surface area contributed by atoms with Gasteiger partial charge in [0.2, 0.25) is 0 Å². The molecule has 0 N–H and O–H groups in total. The van der Waals surface area contributed by atoms with Crippen LogP contribution < -0.4 is 5.57 Å². The van der Waals surface area contributed by atoms with E-state index in [0.29, 0.717) is 24.2 Å². The molecule has 1 rings (SSSR count). The lowest BCUT2D eigenvalue weighted by Gasteiger charge is -2.46. The van der Waals surface area contributed by atoms with Gasteiger partial charge >= 0.3 is 0 Å². The summed E-state index contributed by atoms with van der Waals surface area (Å²) in [5.74, 6) is 0. The molecule has 0 saturated carbocycles. The second kappa shape index (κ2) is 7.71. The highest BCUT2D eigenvalue weighted by molar-refractivity contribution is 7.60. The Balaban J connectivity index is 3.38. The predicted molar refractivity (Wildman–Crippen MR) is 94.0 cm³/mol. The lowest BCUT2D eigenvalue weighted by Crippen LogP contribution is -2.47. The molecule has 1 heterocycles. The first-order valence-electron chi connectivity index (χ1n) is 8.02. The molecule has 122 valence electrons. The molecule has 1 aromatic rings. The number of rotatable bonds is 7. The van der Waals surface area contributed by atoms with Gasteiger partial charge in [0.1, 0.15) is 8.22 Å². The molecular formula is C16H33N4P. The highest BCUT2D eigenvalue weighted by Gasteiger charge is 2.36. The zero-order valence-electron chi connectivity index (χ0n) is 15.2. The van der Waals surface area contributed by atoms with E-state index in [1.807, 2.05) is 6.20 Å². The number of hydrogen-bond donors (Lipinski definition) is 0. The molecule has 0 atom stereocenters. The first-order valence-corrected chi connectivity index (χ1v) is 9.27. The Hall–Kier alpha value is -0.440. The highest BCUT2D eigenvalue weighted by atomic mass is 31.1. The second-order valence-electron chi connectivity index (χ2n) is 6.76. The van der Waals surface area contributed by atoms with Crippen LogP contribution in [0, 0.1) is 0 Å². The molecule has 0 aliphatic rings. The lowest BCUT2D eigenvalue weighted by molar-refractivity contribution is 0.260. The Morgan fingerprint density at radius 3 is 1.48 bits per heavy atom. The van der Waals surface area contributed by atoms with Crippen molar-refractivity contribution in [2.45, 2.75) is 79.6 Å². The summed E-state index contributed by atoms with van der Waals surface area (Å²) in [6.45, 7) is 18.3. The molecule has 0 saturated heterocycles. The van der Waals surface area contributed by atoms with Gasteiger partial charge in [-0.15, -0.1) is 0 Å². The van der Waals surface area contributed by atoms with Crippen molar-refractivity contribution < 1.29 is 0 Å². The monoisotopic (exact) mass is 312 g/mol. The van der Waals surface area contributed by atoms with E-state index in [9.17, 15) is 0 Å². The third-order valence-electron chi connectivity index (χ3n) is 3.53. The molecule has 1 aromatic heterocycles. The van der Waals surface area contributed by atoms with Crippen LogP contribution in [-0.2, 0) is 7.05 Å². The van der Waals surface area contributed by atoms with Crippen molar-refractivity contribution in [3.63, 3.8) is 0 Å². The predicted octanol–water partition coefficient (Wildman–Crippen LogP) is 3.59. The van der Waals surface area contributed by atoms with Gasteiger partial charge in [0.05, 0.1) is 0 Å². The molecule has 21 heavy (non-hydrogen) atoms. The first-order chi connectivity index (χ1) is 9.68. The SMILES string of the molecule is CC(C)N(C(C)C)P(c1nccn1C)N(C(C)C)C(C)C. The van der Waals surface area contributed by atoms with Gasteiger partial charge in [0.15, 0.2) is 5.57 Å². The van der Waals surface area contributed by atoms with Crippen molar-refractivity contribution in [1.29, 1.82) is 0 Å². The van der Waals surface area contributed by atoms with Crippen LogP contribution in [0.3, 0.4) is 0 Å². The standard InChI is InChI=1S/C16H33N4P/c1-12(2)19(13(3)4)21(16-17-10-11-18(16)9)20(14(5)6)15(7)8/h10-15H,1-9H3. The molecule has 4 nitrogen and oxygen atoms in total. The maximum absolute atomic E-state index is 4.70. The number of aromatic nitrogens is 2. The summed E-state index contributed by atoms with van der Waals surface area (Å²) in [5, 5.41) is 0. The zero-order chi connectivity index (χ0) is 16.3. The average Bonchev–Trinajstić information content (AvgIpc) is 2.72. The maximum atomic E-state index is 4.70. The van der Waals surface area contributed by atoms with Gasteiger partial charge in [-0.3, -0.25) is 9.34 Å². The van der Waals surface area contributed by atoms with E-state index in [1.165, 1.54) is 5.57 Å². The van der Waals surface area contributed by atoms with Crippen LogP contribution in [0.25, 0.3) is 0 Å². The summed E-state index contributed by atoms with van der Waals surface area (Å²) < 4.78 is 7.43. The maximum Gasteiger partial charge on any atom is 0.162 e. The van der Waals surface area contributed by atoms with Crippen LogP contribution in [0.2, 0.25) is 0 Å². The molecule has 0 fully saturated rings. The summed E-state index contributed by atoms with van der Waals surface area (Å²) in [6, 6.07) is 1.97. The fourth-order valence-electron chi connectivity index (χ4n) is 2.94. The van der Waals surface area contributed by atoms with Gasteiger partial charge < -0.3 is 4.57 Å². The molecule has 0 spiro atoms. The lowest BCUT2D eigenvalue weighted by atomic mass is 10.3. The van der Waals surface area contributed by atoms with Crippen molar-refractivity contribution in [3.8, 4) is 0 Å². The van der Waals surface area contributed by atoms with Crippen molar-refractivity contribution >= 4 is 13.8 Å². The summed E-state index contributed by atoms with van der Waals surface area (Å²) in [7, 11) is 1.50. The van der Waals surface area contributed by atoms with E-state index in [4.69, 9.17) is 4.98 Å². The number of nitrogens with zero attached hydrogens (tertiary/aromatic N) is 4. The minimum Gasteiger partial charge on any atom is -0.332 e. The zero-order valence-corrected chi connectivity index (χ0v) is 16.1. The van der Waals surface area contributed by atoms with Gasteiger partial charge in [-0.1, -0.05) is 0 Å².